The Morgan fingerprint density at radius 3 is 3.13 bits per heavy atom. The molecule has 0 bridgehead atoms. The van der Waals surface area contributed by atoms with Crippen LogP contribution in [0.2, 0.25) is 0 Å². The molecule has 0 saturated carbocycles. The summed E-state index contributed by atoms with van der Waals surface area (Å²) in [5, 5.41) is 2.46. The van der Waals surface area contributed by atoms with Gasteiger partial charge in [0.15, 0.2) is 0 Å². The molecule has 0 N–H and O–H groups in total. The molecule has 1 aliphatic rings. The van der Waals surface area contributed by atoms with E-state index < -0.39 is 0 Å². The Kier molecular flexibility index (Phi) is 4.43. The van der Waals surface area contributed by atoms with E-state index in [0.717, 1.165) is 26.0 Å². The van der Waals surface area contributed by atoms with Crippen LogP contribution in [0, 0.1) is 5.92 Å². The van der Waals surface area contributed by atoms with Crippen molar-refractivity contribution in [3.8, 4) is 0 Å². The van der Waals surface area contributed by atoms with Crippen molar-refractivity contribution in [1.29, 1.82) is 0 Å². The summed E-state index contributed by atoms with van der Waals surface area (Å²) < 4.78 is 1.13. The van der Waals surface area contributed by atoms with Gasteiger partial charge in [0.1, 0.15) is 16.2 Å². The first kappa shape index (κ1) is 15.6. The van der Waals surface area contributed by atoms with Gasteiger partial charge in [-0.15, -0.1) is 23.1 Å². The Hall–Kier alpha value is -0.910. The third-order valence-electron chi connectivity index (χ3n) is 4.32. The van der Waals surface area contributed by atoms with Crippen LogP contribution in [0.15, 0.2) is 40.1 Å². The lowest BCUT2D eigenvalue weighted by molar-refractivity contribution is 0.509. The Morgan fingerprint density at radius 2 is 2.26 bits per heavy atom. The first-order valence-corrected chi connectivity index (χ1v) is 10.4. The standard InChI is InChI=1S/C18H17BrN2S2/c1-11-5-6-14-15(7-11)23-18-16(14)17(20-10-21-18)22-9-12-3-2-4-13(19)8-12/h2-4,8,10-11H,5-7,9H2,1H3. The van der Waals surface area contributed by atoms with E-state index in [1.807, 2.05) is 23.1 Å². The smallest absolute Gasteiger partial charge is 0.128 e. The van der Waals surface area contributed by atoms with Crippen molar-refractivity contribution in [3.05, 3.63) is 51.1 Å². The molecule has 0 amide bonds. The van der Waals surface area contributed by atoms with Crippen molar-refractivity contribution in [2.45, 2.75) is 37.0 Å². The number of aryl methyl sites for hydroxylation is 1. The van der Waals surface area contributed by atoms with Gasteiger partial charge >= 0.3 is 0 Å². The van der Waals surface area contributed by atoms with Gasteiger partial charge in [-0.1, -0.05) is 35.0 Å². The number of aromatic nitrogens is 2. The van der Waals surface area contributed by atoms with Gasteiger partial charge in [-0.2, -0.15) is 0 Å². The lowest BCUT2D eigenvalue weighted by Gasteiger charge is -2.18. The SMILES string of the molecule is CC1CCc2c(sc3ncnc(SCc4cccc(Br)c4)c23)C1. The Morgan fingerprint density at radius 1 is 1.35 bits per heavy atom. The largest absolute Gasteiger partial charge is 0.229 e. The lowest BCUT2D eigenvalue weighted by atomic mass is 9.89. The minimum atomic E-state index is 0.793. The summed E-state index contributed by atoms with van der Waals surface area (Å²) in [5.41, 5.74) is 2.83. The van der Waals surface area contributed by atoms with Crippen LogP contribution in [-0.2, 0) is 18.6 Å². The quantitative estimate of drug-likeness (QED) is 0.403. The van der Waals surface area contributed by atoms with Gasteiger partial charge in [0, 0.05) is 20.5 Å². The van der Waals surface area contributed by atoms with Gasteiger partial charge in [0.2, 0.25) is 0 Å². The van der Waals surface area contributed by atoms with Gasteiger partial charge in [0.05, 0.1) is 0 Å². The molecule has 23 heavy (non-hydrogen) atoms. The van der Waals surface area contributed by atoms with Gasteiger partial charge in [0.25, 0.3) is 0 Å². The van der Waals surface area contributed by atoms with E-state index >= 15 is 0 Å². The fourth-order valence-electron chi connectivity index (χ4n) is 3.13. The number of rotatable bonds is 3. The maximum atomic E-state index is 4.59. The normalized spacial score (nSPS) is 17.4. The molecule has 1 aliphatic carbocycles. The number of benzene rings is 1. The number of nitrogens with zero attached hydrogens (tertiary/aromatic N) is 2. The first-order chi connectivity index (χ1) is 11.2. The average molecular weight is 405 g/mol. The number of halogens is 1. The van der Waals surface area contributed by atoms with E-state index in [-0.39, 0.29) is 0 Å². The second-order valence-corrected chi connectivity index (χ2v) is 9.09. The maximum Gasteiger partial charge on any atom is 0.128 e. The van der Waals surface area contributed by atoms with Crippen LogP contribution in [0.25, 0.3) is 10.2 Å². The summed E-state index contributed by atoms with van der Waals surface area (Å²) in [6.45, 7) is 2.35. The van der Waals surface area contributed by atoms with Crippen molar-refractivity contribution < 1.29 is 0 Å². The highest BCUT2D eigenvalue weighted by molar-refractivity contribution is 9.10. The van der Waals surface area contributed by atoms with Crippen LogP contribution < -0.4 is 0 Å². The van der Waals surface area contributed by atoms with Gasteiger partial charge in [-0.25, -0.2) is 9.97 Å². The zero-order valence-corrected chi connectivity index (χ0v) is 16.1. The fourth-order valence-corrected chi connectivity index (χ4v) is 5.96. The van der Waals surface area contributed by atoms with Gasteiger partial charge in [-0.3, -0.25) is 0 Å². The zero-order chi connectivity index (χ0) is 15.8. The van der Waals surface area contributed by atoms with Crippen molar-refractivity contribution >= 4 is 49.2 Å². The Bertz CT molecular complexity index is 859. The number of thiophene rings is 1. The molecule has 5 heteroatoms. The van der Waals surface area contributed by atoms with Crippen molar-refractivity contribution in [2.75, 3.05) is 0 Å². The predicted octanol–water partition coefficient (Wildman–Crippen LogP) is 5.87. The van der Waals surface area contributed by atoms with Gasteiger partial charge < -0.3 is 0 Å². The van der Waals surface area contributed by atoms with Crippen LogP contribution in [0.1, 0.15) is 29.3 Å². The van der Waals surface area contributed by atoms with Gasteiger partial charge in [-0.05, 0) is 48.4 Å². The second kappa shape index (κ2) is 6.54. The van der Waals surface area contributed by atoms with E-state index in [1.165, 1.54) is 40.7 Å². The highest BCUT2D eigenvalue weighted by Gasteiger charge is 2.23. The number of hydrogen-bond acceptors (Lipinski definition) is 4. The van der Waals surface area contributed by atoms with Crippen molar-refractivity contribution in [3.63, 3.8) is 0 Å². The van der Waals surface area contributed by atoms with Crippen molar-refractivity contribution in [1.82, 2.24) is 9.97 Å². The van der Waals surface area contributed by atoms with Crippen LogP contribution in [0.3, 0.4) is 0 Å². The third-order valence-corrected chi connectivity index (χ3v) is 7.04. The molecule has 3 aromatic rings. The highest BCUT2D eigenvalue weighted by Crippen LogP contribution is 2.41. The van der Waals surface area contributed by atoms with Crippen molar-refractivity contribution in [2.24, 2.45) is 5.92 Å². The molecule has 4 rings (SSSR count). The Labute approximate surface area is 152 Å². The highest BCUT2D eigenvalue weighted by atomic mass is 79.9. The molecule has 2 aromatic heterocycles. The molecule has 0 saturated heterocycles. The van der Waals surface area contributed by atoms with E-state index in [9.17, 15) is 0 Å². The van der Waals surface area contributed by atoms with E-state index in [2.05, 4.69) is 57.1 Å². The molecule has 1 aromatic carbocycles. The summed E-state index contributed by atoms with van der Waals surface area (Å²) in [4.78, 5) is 11.8. The van der Waals surface area contributed by atoms with Crippen LogP contribution in [-0.4, -0.2) is 9.97 Å². The second-order valence-electron chi connectivity index (χ2n) is 6.13. The minimum Gasteiger partial charge on any atom is -0.229 e. The monoisotopic (exact) mass is 404 g/mol. The predicted molar refractivity (Wildman–Crippen MR) is 102 cm³/mol. The molecule has 2 nitrogen and oxygen atoms in total. The minimum absolute atomic E-state index is 0.793. The molecular formula is C18H17BrN2S2. The molecular weight excluding hydrogens is 388 g/mol. The number of hydrogen-bond donors (Lipinski definition) is 0. The topological polar surface area (TPSA) is 25.8 Å². The number of thioether (sulfide) groups is 1. The average Bonchev–Trinajstić information content (AvgIpc) is 2.91. The van der Waals surface area contributed by atoms with E-state index in [0.29, 0.717) is 0 Å². The fraction of sp³-hybridized carbons (Fsp3) is 0.333. The number of fused-ring (bicyclic) bond motifs is 3. The van der Waals surface area contributed by atoms with Crippen LogP contribution in [0.5, 0.6) is 0 Å². The third kappa shape index (κ3) is 3.19. The molecule has 0 radical (unpaired) electrons. The van der Waals surface area contributed by atoms with Crippen LogP contribution >= 0.6 is 39.0 Å². The molecule has 0 fully saturated rings. The summed E-state index contributed by atoms with van der Waals surface area (Å²) in [6.07, 6.45) is 5.38. The molecule has 1 atom stereocenters. The molecule has 0 spiro atoms. The summed E-state index contributed by atoms with van der Waals surface area (Å²) >= 11 is 7.24. The maximum absolute atomic E-state index is 4.59. The lowest BCUT2D eigenvalue weighted by Crippen LogP contribution is -2.08. The Balaban J connectivity index is 1.67. The van der Waals surface area contributed by atoms with E-state index in [4.69, 9.17) is 0 Å². The summed E-state index contributed by atoms with van der Waals surface area (Å²) in [7, 11) is 0. The van der Waals surface area contributed by atoms with Crippen LogP contribution in [0.4, 0.5) is 0 Å². The molecule has 118 valence electrons. The molecule has 1 unspecified atom stereocenters. The first-order valence-electron chi connectivity index (χ1n) is 7.83. The summed E-state index contributed by atoms with van der Waals surface area (Å²) in [6, 6.07) is 8.49. The molecule has 2 heterocycles. The zero-order valence-electron chi connectivity index (χ0n) is 12.9. The summed E-state index contributed by atoms with van der Waals surface area (Å²) in [5.74, 6) is 1.73. The molecule has 0 aliphatic heterocycles. The van der Waals surface area contributed by atoms with E-state index in [1.54, 1.807) is 6.33 Å².